The zero-order valence-electron chi connectivity index (χ0n) is 18.6. The largest absolute Gasteiger partial charge is 0.419 e. The molecular formula is C28H28O4. The first kappa shape index (κ1) is 21.8. The molecule has 1 aliphatic rings. The molecule has 1 fully saturated rings. The van der Waals surface area contributed by atoms with E-state index in [1.165, 1.54) is 24.8 Å². The van der Waals surface area contributed by atoms with Gasteiger partial charge in [-0.3, -0.25) is 0 Å². The second-order valence-corrected chi connectivity index (χ2v) is 8.41. The number of ether oxygens (including phenoxy) is 2. The summed E-state index contributed by atoms with van der Waals surface area (Å²) in [7, 11) is 0. The molecule has 0 atom stereocenters. The molecule has 1 saturated carbocycles. The third-order valence-electron chi connectivity index (χ3n) is 6.16. The number of aryl methyl sites for hydroxylation is 1. The molecule has 0 bridgehead atoms. The average Bonchev–Trinajstić information content (AvgIpc) is 2.84. The minimum absolute atomic E-state index is 0.306. The molecule has 0 N–H and O–H groups in total. The zero-order chi connectivity index (χ0) is 22.5. The third kappa shape index (κ3) is 4.75. The van der Waals surface area contributed by atoms with E-state index in [2.05, 4.69) is 6.07 Å². The summed E-state index contributed by atoms with van der Waals surface area (Å²) in [6.07, 6.45) is 5.90. The fraction of sp³-hybridized carbons (Fsp3) is 0.286. The molecule has 0 aliphatic heterocycles. The van der Waals surface area contributed by atoms with Gasteiger partial charge in [0.05, 0.1) is 11.1 Å². The number of esters is 2. The summed E-state index contributed by atoms with van der Waals surface area (Å²) >= 11 is 0. The number of carbonyl (C=O) groups excluding carboxylic acids is 2. The van der Waals surface area contributed by atoms with Crippen LogP contribution < -0.4 is 9.47 Å². The van der Waals surface area contributed by atoms with Gasteiger partial charge in [-0.2, -0.15) is 0 Å². The van der Waals surface area contributed by atoms with Crippen molar-refractivity contribution in [2.75, 3.05) is 0 Å². The SMILES string of the molecule is Cc1cc(C2CCCCC2)c(C)c(OC(=O)c2ccccc2)c1OC(=O)c1ccccc1. The highest BCUT2D eigenvalue weighted by Gasteiger charge is 2.26. The first-order valence-electron chi connectivity index (χ1n) is 11.2. The topological polar surface area (TPSA) is 52.6 Å². The smallest absolute Gasteiger partial charge is 0.343 e. The Morgan fingerprint density at radius 3 is 1.75 bits per heavy atom. The summed E-state index contributed by atoms with van der Waals surface area (Å²) in [6.45, 7) is 3.86. The molecule has 4 heteroatoms. The molecule has 0 unspecified atom stereocenters. The van der Waals surface area contributed by atoms with Gasteiger partial charge in [-0.1, -0.05) is 61.7 Å². The van der Waals surface area contributed by atoms with E-state index in [1.54, 1.807) is 48.5 Å². The summed E-state index contributed by atoms with van der Waals surface area (Å²) in [4.78, 5) is 25.7. The van der Waals surface area contributed by atoms with Crippen molar-refractivity contribution in [3.05, 3.63) is 94.5 Å². The quantitative estimate of drug-likeness (QED) is 0.332. The lowest BCUT2D eigenvalue weighted by atomic mass is 9.81. The van der Waals surface area contributed by atoms with Crippen LogP contribution in [0.25, 0.3) is 0 Å². The Bertz CT molecular complexity index is 1100. The average molecular weight is 429 g/mol. The van der Waals surface area contributed by atoms with Gasteiger partial charge in [0.15, 0.2) is 11.5 Å². The number of rotatable bonds is 5. The van der Waals surface area contributed by atoms with Crippen molar-refractivity contribution in [3.8, 4) is 11.5 Å². The van der Waals surface area contributed by atoms with Gasteiger partial charge in [-0.25, -0.2) is 9.59 Å². The normalized spacial score (nSPS) is 14.1. The highest BCUT2D eigenvalue weighted by atomic mass is 16.6. The maximum absolute atomic E-state index is 12.9. The van der Waals surface area contributed by atoms with Crippen molar-refractivity contribution in [1.82, 2.24) is 0 Å². The van der Waals surface area contributed by atoms with Crippen LogP contribution in [0.15, 0.2) is 66.7 Å². The van der Waals surface area contributed by atoms with Crippen LogP contribution in [0, 0.1) is 13.8 Å². The van der Waals surface area contributed by atoms with Crippen LogP contribution in [0.1, 0.15) is 75.4 Å². The van der Waals surface area contributed by atoms with E-state index < -0.39 is 11.9 Å². The first-order chi connectivity index (χ1) is 15.5. The monoisotopic (exact) mass is 428 g/mol. The van der Waals surface area contributed by atoms with E-state index in [0.29, 0.717) is 28.5 Å². The van der Waals surface area contributed by atoms with Crippen LogP contribution in [0.4, 0.5) is 0 Å². The van der Waals surface area contributed by atoms with E-state index in [-0.39, 0.29) is 0 Å². The van der Waals surface area contributed by atoms with Crippen LogP contribution in [0.5, 0.6) is 11.5 Å². The number of benzene rings is 3. The predicted molar refractivity (Wildman–Crippen MR) is 125 cm³/mol. The summed E-state index contributed by atoms with van der Waals surface area (Å²) in [5.74, 6) is 0.126. The Labute approximate surface area is 189 Å². The molecule has 4 rings (SSSR count). The summed E-state index contributed by atoms with van der Waals surface area (Å²) in [6, 6.07) is 19.8. The van der Waals surface area contributed by atoms with E-state index in [1.807, 2.05) is 26.0 Å². The van der Waals surface area contributed by atoms with E-state index in [4.69, 9.17) is 9.47 Å². The lowest BCUT2D eigenvalue weighted by Crippen LogP contribution is -2.16. The molecule has 0 saturated heterocycles. The molecule has 3 aromatic carbocycles. The summed E-state index contributed by atoms with van der Waals surface area (Å²) in [5.41, 5.74) is 3.73. The lowest BCUT2D eigenvalue weighted by molar-refractivity contribution is 0.0680. The molecule has 1 aliphatic carbocycles. The second kappa shape index (κ2) is 9.82. The molecule has 32 heavy (non-hydrogen) atoms. The molecule has 0 heterocycles. The van der Waals surface area contributed by atoms with Crippen molar-refractivity contribution in [2.45, 2.75) is 51.9 Å². The summed E-state index contributed by atoms with van der Waals surface area (Å²) < 4.78 is 11.7. The van der Waals surface area contributed by atoms with Crippen molar-refractivity contribution in [1.29, 1.82) is 0 Å². The second-order valence-electron chi connectivity index (χ2n) is 8.41. The number of hydrogen-bond acceptors (Lipinski definition) is 4. The number of carbonyl (C=O) groups is 2. The molecule has 0 spiro atoms. The van der Waals surface area contributed by atoms with Gasteiger partial charge >= 0.3 is 11.9 Å². The maximum atomic E-state index is 12.9. The molecule has 3 aromatic rings. The molecule has 0 radical (unpaired) electrons. The van der Waals surface area contributed by atoms with E-state index in [9.17, 15) is 9.59 Å². The minimum atomic E-state index is -0.476. The van der Waals surface area contributed by atoms with E-state index >= 15 is 0 Å². The van der Waals surface area contributed by atoms with Crippen LogP contribution >= 0.6 is 0 Å². The van der Waals surface area contributed by atoms with Gasteiger partial charge in [0.2, 0.25) is 0 Å². The van der Waals surface area contributed by atoms with Gasteiger partial charge in [-0.15, -0.1) is 0 Å². The molecule has 4 nitrogen and oxygen atoms in total. The van der Waals surface area contributed by atoms with Crippen molar-refractivity contribution in [3.63, 3.8) is 0 Å². The maximum Gasteiger partial charge on any atom is 0.343 e. The summed E-state index contributed by atoms with van der Waals surface area (Å²) in [5, 5.41) is 0. The lowest BCUT2D eigenvalue weighted by Gasteiger charge is -2.26. The predicted octanol–water partition coefficient (Wildman–Crippen LogP) is 6.79. The fourth-order valence-corrected chi connectivity index (χ4v) is 4.43. The minimum Gasteiger partial charge on any atom is -0.419 e. The molecule has 0 amide bonds. The first-order valence-corrected chi connectivity index (χ1v) is 11.2. The zero-order valence-corrected chi connectivity index (χ0v) is 18.6. The standard InChI is InChI=1S/C28H28O4/c1-19-18-24(21-12-6-3-7-13-21)20(2)26(32-28(30)23-16-10-5-11-17-23)25(19)31-27(29)22-14-8-4-9-15-22/h4-5,8-11,14-18,21H,3,6-7,12-13H2,1-2H3. The van der Waals surface area contributed by atoms with Gasteiger partial charge in [0.25, 0.3) is 0 Å². The third-order valence-corrected chi connectivity index (χ3v) is 6.16. The number of hydrogen-bond donors (Lipinski definition) is 0. The van der Waals surface area contributed by atoms with Gasteiger partial charge < -0.3 is 9.47 Å². The molecule has 0 aromatic heterocycles. The van der Waals surface area contributed by atoms with Gasteiger partial charge in [-0.05, 0) is 73.6 Å². The van der Waals surface area contributed by atoms with Gasteiger partial charge in [0.1, 0.15) is 0 Å². The van der Waals surface area contributed by atoms with Crippen LogP contribution in [0.2, 0.25) is 0 Å². The highest BCUT2D eigenvalue weighted by Crippen LogP contribution is 2.43. The Morgan fingerprint density at radius 1 is 0.719 bits per heavy atom. The van der Waals surface area contributed by atoms with Crippen LogP contribution in [0.3, 0.4) is 0 Å². The molecular weight excluding hydrogens is 400 g/mol. The van der Waals surface area contributed by atoms with Crippen molar-refractivity contribution < 1.29 is 19.1 Å². The Hall–Kier alpha value is -3.40. The van der Waals surface area contributed by atoms with Crippen molar-refractivity contribution >= 4 is 11.9 Å². The van der Waals surface area contributed by atoms with Gasteiger partial charge in [0, 0.05) is 0 Å². The highest BCUT2D eigenvalue weighted by molar-refractivity contribution is 5.93. The van der Waals surface area contributed by atoms with Crippen LogP contribution in [-0.2, 0) is 0 Å². The Morgan fingerprint density at radius 2 is 1.22 bits per heavy atom. The van der Waals surface area contributed by atoms with Crippen LogP contribution in [-0.4, -0.2) is 11.9 Å². The van der Waals surface area contributed by atoms with Crippen molar-refractivity contribution in [2.24, 2.45) is 0 Å². The Kier molecular flexibility index (Phi) is 6.69. The van der Waals surface area contributed by atoms with E-state index in [0.717, 1.165) is 24.0 Å². The Balaban J connectivity index is 1.74. The molecule has 164 valence electrons. The fourth-order valence-electron chi connectivity index (χ4n) is 4.43.